The number of hydrogen-bond acceptors (Lipinski definition) is 2. The highest BCUT2D eigenvalue weighted by atomic mass is 16.3. The van der Waals surface area contributed by atoms with E-state index in [1.165, 1.54) is 38.6 Å². The molecule has 0 spiro atoms. The summed E-state index contributed by atoms with van der Waals surface area (Å²) in [5, 5.41) is 9.00. The second-order valence-electron chi connectivity index (χ2n) is 4.27. The fraction of sp³-hybridized carbons (Fsp3) is 1.00. The quantitative estimate of drug-likeness (QED) is 0.672. The first-order valence-corrected chi connectivity index (χ1v) is 5.25. The van der Waals surface area contributed by atoms with Crippen molar-refractivity contribution in [1.29, 1.82) is 0 Å². The minimum absolute atomic E-state index is 0.392. The molecule has 12 heavy (non-hydrogen) atoms. The van der Waals surface area contributed by atoms with Crippen LogP contribution in [0.2, 0.25) is 0 Å². The molecule has 70 valence electrons. The minimum atomic E-state index is 0.392. The van der Waals surface area contributed by atoms with Gasteiger partial charge in [-0.05, 0) is 31.7 Å². The Kier molecular flexibility index (Phi) is 2.66. The molecule has 0 radical (unpaired) electrons. The molecule has 2 rings (SSSR count). The van der Waals surface area contributed by atoms with Crippen molar-refractivity contribution in [3.8, 4) is 0 Å². The van der Waals surface area contributed by atoms with Gasteiger partial charge in [0.15, 0.2) is 0 Å². The fourth-order valence-corrected chi connectivity index (χ4v) is 2.61. The molecule has 2 aliphatic rings. The molecule has 1 saturated heterocycles. The number of aliphatic hydroxyl groups is 1. The van der Waals surface area contributed by atoms with Gasteiger partial charge in [0.05, 0.1) is 0 Å². The van der Waals surface area contributed by atoms with E-state index in [2.05, 4.69) is 4.90 Å². The van der Waals surface area contributed by atoms with Gasteiger partial charge in [0, 0.05) is 19.2 Å². The average Bonchev–Trinajstić information content (AvgIpc) is 2.75. The van der Waals surface area contributed by atoms with Crippen LogP contribution >= 0.6 is 0 Å². The summed E-state index contributed by atoms with van der Waals surface area (Å²) in [7, 11) is 0. The van der Waals surface area contributed by atoms with E-state index in [4.69, 9.17) is 5.11 Å². The van der Waals surface area contributed by atoms with Gasteiger partial charge in [-0.25, -0.2) is 0 Å². The lowest BCUT2D eigenvalue weighted by molar-refractivity contribution is 0.199. The van der Waals surface area contributed by atoms with E-state index in [1.807, 2.05) is 0 Å². The standard InChI is InChI=1S/C10H19NO/c12-8-9-5-6-11(7-9)10-3-1-2-4-10/h9-10,12H,1-8H2/t9-/m1/s1. The van der Waals surface area contributed by atoms with Crippen LogP contribution in [0.4, 0.5) is 0 Å². The van der Waals surface area contributed by atoms with E-state index in [9.17, 15) is 0 Å². The lowest BCUT2D eigenvalue weighted by atomic mass is 10.1. The third-order valence-corrected chi connectivity index (χ3v) is 3.42. The highest BCUT2D eigenvalue weighted by molar-refractivity contribution is 4.83. The summed E-state index contributed by atoms with van der Waals surface area (Å²) < 4.78 is 0. The molecule has 0 aromatic rings. The highest BCUT2D eigenvalue weighted by Crippen LogP contribution is 2.28. The minimum Gasteiger partial charge on any atom is -0.396 e. The van der Waals surface area contributed by atoms with Gasteiger partial charge in [-0.2, -0.15) is 0 Å². The number of likely N-dealkylation sites (tertiary alicyclic amines) is 1. The predicted molar refractivity (Wildman–Crippen MR) is 49.0 cm³/mol. The van der Waals surface area contributed by atoms with Crippen molar-refractivity contribution in [3.05, 3.63) is 0 Å². The Morgan fingerprint density at radius 1 is 1.17 bits per heavy atom. The largest absolute Gasteiger partial charge is 0.396 e. The molecule has 1 saturated carbocycles. The Bertz CT molecular complexity index is 143. The lowest BCUT2D eigenvalue weighted by Crippen LogP contribution is -2.31. The molecule has 0 bridgehead atoms. The van der Waals surface area contributed by atoms with Gasteiger partial charge in [0.2, 0.25) is 0 Å². The second-order valence-corrected chi connectivity index (χ2v) is 4.27. The summed E-state index contributed by atoms with van der Waals surface area (Å²) in [6.07, 6.45) is 6.86. The van der Waals surface area contributed by atoms with E-state index in [0.29, 0.717) is 12.5 Å². The van der Waals surface area contributed by atoms with Crippen molar-refractivity contribution >= 4 is 0 Å². The summed E-state index contributed by atoms with van der Waals surface area (Å²) in [6, 6.07) is 0.863. The first-order valence-electron chi connectivity index (χ1n) is 5.25. The van der Waals surface area contributed by atoms with Gasteiger partial charge in [-0.15, -0.1) is 0 Å². The van der Waals surface area contributed by atoms with E-state index < -0.39 is 0 Å². The average molecular weight is 169 g/mol. The second kappa shape index (κ2) is 3.75. The van der Waals surface area contributed by atoms with E-state index in [0.717, 1.165) is 12.6 Å². The molecule has 1 heterocycles. The van der Waals surface area contributed by atoms with Crippen LogP contribution in [0.25, 0.3) is 0 Å². The molecule has 1 atom stereocenters. The number of nitrogens with zero attached hydrogens (tertiary/aromatic N) is 1. The van der Waals surface area contributed by atoms with E-state index >= 15 is 0 Å². The van der Waals surface area contributed by atoms with Gasteiger partial charge >= 0.3 is 0 Å². The Morgan fingerprint density at radius 2 is 1.92 bits per heavy atom. The normalized spacial score (nSPS) is 33.2. The van der Waals surface area contributed by atoms with Crippen LogP contribution in [-0.2, 0) is 0 Å². The third kappa shape index (κ3) is 1.64. The molecular weight excluding hydrogens is 150 g/mol. The van der Waals surface area contributed by atoms with Crippen LogP contribution < -0.4 is 0 Å². The van der Waals surface area contributed by atoms with Crippen molar-refractivity contribution in [2.45, 2.75) is 38.1 Å². The molecule has 1 aliphatic carbocycles. The maximum atomic E-state index is 9.00. The Hall–Kier alpha value is -0.0800. The van der Waals surface area contributed by atoms with Crippen LogP contribution in [0.1, 0.15) is 32.1 Å². The Balaban J connectivity index is 1.81. The lowest BCUT2D eigenvalue weighted by Gasteiger charge is -2.23. The van der Waals surface area contributed by atoms with Crippen molar-refractivity contribution in [3.63, 3.8) is 0 Å². The van der Waals surface area contributed by atoms with Crippen LogP contribution in [0, 0.1) is 5.92 Å². The zero-order valence-electron chi connectivity index (χ0n) is 7.71. The number of rotatable bonds is 2. The molecule has 2 fully saturated rings. The van der Waals surface area contributed by atoms with E-state index in [1.54, 1.807) is 0 Å². The molecule has 1 aliphatic heterocycles. The SMILES string of the molecule is OC[C@@H]1CCN(C2CCCC2)C1. The summed E-state index contributed by atoms with van der Waals surface area (Å²) >= 11 is 0. The molecule has 1 N–H and O–H groups in total. The van der Waals surface area contributed by atoms with Crippen LogP contribution in [0.5, 0.6) is 0 Å². The molecule has 0 aromatic heterocycles. The summed E-state index contributed by atoms with van der Waals surface area (Å²) in [5.41, 5.74) is 0. The van der Waals surface area contributed by atoms with E-state index in [-0.39, 0.29) is 0 Å². The molecule has 0 unspecified atom stereocenters. The maximum absolute atomic E-state index is 9.00. The molecular formula is C10H19NO. The topological polar surface area (TPSA) is 23.5 Å². The molecule has 2 heteroatoms. The number of hydrogen-bond donors (Lipinski definition) is 1. The van der Waals surface area contributed by atoms with Crippen LogP contribution in [0.15, 0.2) is 0 Å². The van der Waals surface area contributed by atoms with Gasteiger partial charge in [-0.1, -0.05) is 12.8 Å². The summed E-state index contributed by atoms with van der Waals surface area (Å²) in [4.78, 5) is 2.59. The highest BCUT2D eigenvalue weighted by Gasteiger charge is 2.29. The Morgan fingerprint density at radius 3 is 2.50 bits per heavy atom. The van der Waals surface area contributed by atoms with Crippen molar-refractivity contribution < 1.29 is 5.11 Å². The monoisotopic (exact) mass is 169 g/mol. The van der Waals surface area contributed by atoms with Crippen molar-refractivity contribution in [2.75, 3.05) is 19.7 Å². The first kappa shape index (κ1) is 8.52. The smallest absolute Gasteiger partial charge is 0.0471 e. The van der Waals surface area contributed by atoms with Gasteiger partial charge in [0.25, 0.3) is 0 Å². The van der Waals surface area contributed by atoms with Crippen molar-refractivity contribution in [2.24, 2.45) is 5.92 Å². The first-order chi connectivity index (χ1) is 5.90. The van der Waals surface area contributed by atoms with Gasteiger partial charge in [0.1, 0.15) is 0 Å². The van der Waals surface area contributed by atoms with Gasteiger partial charge < -0.3 is 10.0 Å². The predicted octanol–water partition coefficient (Wildman–Crippen LogP) is 1.24. The van der Waals surface area contributed by atoms with Crippen molar-refractivity contribution in [1.82, 2.24) is 4.90 Å². The molecule has 0 aromatic carbocycles. The maximum Gasteiger partial charge on any atom is 0.0471 e. The van der Waals surface area contributed by atoms with Gasteiger partial charge in [-0.3, -0.25) is 0 Å². The zero-order valence-corrected chi connectivity index (χ0v) is 7.71. The Labute approximate surface area is 74.6 Å². The summed E-state index contributed by atoms with van der Waals surface area (Å²) in [5.74, 6) is 0.575. The van der Waals surface area contributed by atoms with Crippen LogP contribution in [0.3, 0.4) is 0 Å². The van der Waals surface area contributed by atoms with Crippen LogP contribution in [-0.4, -0.2) is 35.7 Å². The fourth-order valence-electron chi connectivity index (χ4n) is 2.61. The summed E-state index contributed by atoms with van der Waals surface area (Å²) in [6.45, 7) is 2.78. The molecule has 2 nitrogen and oxygen atoms in total. The number of aliphatic hydroxyl groups excluding tert-OH is 1. The third-order valence-electron chi connectivity index (χ3n) is 3.42. The zero-order chi connectivity index (χ0) is 8.39. The molecule has 0 amide bonds.